The molecule has 0 spiro atoms. The predicted molar refractivity (Wildman–Crippen MR) is 82.4 cm³/mol. The summed E-state index contributed by atoms with van der Waals surface area (Å²) in [4.78, 5) is 11.8. The first kappa shape index (κ1) is 24.2. The highest BCUT2D eigenvalue weighted by Gasteiger charge is 3.02. The maximum Gasteiger partial charge on any atom is 0.384 e. The topological polar surface area (TPSA) is 29.1 Å². The molecule has 0 aliphatic heterocycles. The van der Waals surface area contributed by atoms with Crippen LogP contribution in [0.15, 0.2) is 24.3 Å². The minimum absolute atomic E-state index is 0.0612. The molecular formula is C17H14F11NO. The number of carbonyl (C=O) groups is 1. The SMILES string of the molecule is CCC(C)c1ccc(NC(=O)C2(F)C(F)(F)C(F)(F)C(F)(F)C(F)(F)C2(F)F)cc1. The number of hydrogen-bond acceptors (Lipinski definition) is 1. The lowest BCUT2D eigenvalue weighted by molar-refractivity contribution is -0.475. The molecule has 2 rings (SSSR count). The number of hydrogen-bond donors (Lipinski definition) is 1. The average Bonchev–Trinajstić information content (AvgIpc) is 2.65. The van der Waals surface area contributed by atoms with Crippen LogP contribution in [0.5, 0.6) is 0 Å². The van der Waals surface area contributed by atoms with Crippen LogP contribution in [0, 0.1) is 0 Å². The molecule has 0 radical (unpaired) electrons. The first-order valence-electron chi connectivity index (χ1n) is 8.34. The van der Waals surface area contributed by atoms with Gasteiger partial charge in [-0.2, -0.15) is 43.9 Å². The van der Waals surface area contributed by atoms with Gasteiger partial charge in [0.05, 0.1) is 0 Å². The third kappa shape index (κ3) is 2.65. The van der Waals surface area contributed by atoms with Gasteiger partial charge in [0.25, 0.3) is 5.91 Å². The highest BCUT2D eigenvalue weighted by atomic mass is 19.4. The van der Waals surface area contributed by atoms with Gasteiger partial charge in [0.15, 0.2) is 0 Å². The lowest BCUT2D eigenvalue weighted by Crippen LogP contribution is -2.86. The molecule has 1 N–H and O–H groups in total. The third-order valence-electron chi connectivity index (χ3n) is 5.11. The van der Waals surface area contributed by atoms with Gasteiger partial charge < -0.3 is 5.32 Å². The number of rotatable bonds is 4. The van der Waals surface area contributed by atoms with E-state index in [0.717, 1.165) is 17.4 Å². The summed E-state index contributed by atoms with van der Waals surface area (Å²) in [6.07, 6.45) is 0.621. The van der Waals surface area contributed by atoms with E-state index in [2.05, 4.69) is 0 Å². The van der Waals surface area contributed by atoms with Gasteiger partial charge in [-0.1, -0.05) is 26.0 Å². The maximum atomic E-state index is 14.6. The zero-order chi connectivity index (χ0) is 23.6. The molecular weight excluding hydrogens is 443 g/mol. The first-order chi connectivity index (χ1) is 13.3. The molecule has 30 heavy (non-hydrogen) atoms. The monoisotopic (exact) mass is 457 g/mol. The summed E-state index contributed by atoms with van der Waals surface area (Å²) in [6.45, 7) is 3.54. The lowest BCUT2D eigenvalue weighted by atomic mass is 9.71. The summed E-state index contributed by atoms with van der Waals surface area (Å²) in [6, 6.07) is 4.24. The molecule has 1 aromatic rings. The number of carbonyl (C=O) groups excluding carboxylic acids is 1. The largest absolute Gasteiger partial charge is 0.384 e. The van der Waals surface area contributed by atoms with Crippen LogP contribution in [0.4, 0.5) is 54.0 Å². The average molecular weight is 457 g/mol. The Morgan fingerprint density at radius 2 is 1.13 bits per heavy atom. The zero-order valence-electron chi connectivity index (χ0n) is 15.2. The van der Waals surface area contributed by atoms with Gasteiger partial charge in [0.2, 0.25) is 0 Å². The van der Waals surface area contributed by atoms with Crippen LogP contribution in [-0.2, 0) is 4.79 Å². The van der Waals surface area contributed by atoms with E-state index in [1.54, 1.807) is 13.8 Å². The fraction of sp³-hybridized carbons (Fsp3) is 0.588. The van der Waals surface area contributed by atoms with Crippen LogP contribution in [0.1, 0.15) is 31.7 Å². The third-order valence-corrected chi connectivity index (χ3v) is 5.11. The van der Waals surface area contributed by atoms with E-state index in [1.165, 1.54) is 12.1 Å². The van der Waals surface area contributed by atoms with Gasteiger partial charge >= 0.3 is 35.3 Å². The van der Waals surface area contributed by atoms with Crippen molar-refractivity contribution in [2.24, 2.45) is 0 Å². The van der Waals surface area contributed by atoms with Crippen LogP contribution < -0.4 is 5.32 Å². The fourth-order valence-electron chi connectivity index (χ4n) is 2.85. The van der Waals surface area contributed by atoms with Crippen molar-refractivity contribution in [2.45, 2.75) is 61.5 Å². The molecule has 1 aliphatic rings. The summed E-state index contributed by atoms with van der Waals surface area (Å²) in [5.41, 5.74) is -6.81. The van der Waals surface area contributed by atoms with Crippen LogP contribution in [-0.4, -0.2) is 41.2 Å². The molecule has 0 aromatic heterocycles. The van der Waals surface area contributed by atoms with Crippen molar-refractivity contribution in [2.75, 3.05) is 5.32 Å². The fourth-order valence-corrected chi connectivity index (χ4v) is 2.85. The first-order valence-corrected chi connectivity index (χ1v) is 8.34. The number of alkyl halides is 11. The highest BCUT2D eigenvalue weighted by molar-refractivity contribution is 5.99. The van der Waals surface area contributed by atoms with Crippen LogP contribution in [0.3, 0.4) is 0 Å². The van der Waals surface area contributed by atoms with E-state index >= 15 is 0 Å². The Bertz CT molecular complexity index is 789. The van der Waals surface area contributed by atoms with Crippen molar-refractivity contribution in [1.29, 1.82) is 0 Å². The Hall–Kier alpha value is -2.08. The Morgan fingerprint density at radius 1 is 0.767 bits per heavy atom. The van der Waals surface area contributed by atoms with E-state index in [1.807, 2.05) is 0 Å². The second-order valence-corrected chi connectivity index (χ2v) is 6.92. The Balaban J connectivity index is 2.55. The van der Waals surface area contributed by atoms with Crippen molar-refractivity contribution in [3.63, 3.8) is 0 Å². The normalized spacial score (nSPS) is 25.9. The molecule has 0 heterocycles. The molecule has 1 fully saturated rings. The maximum absolute atomic E-state index is 14.6. The molecule has 1 aromatic carbocycles. The number of nitrogens with one attached hydrogen (secondary N) is 1. The number of benzene rings is 1. The number of amides is 1. The summed E-state index contributed by atoms with van der Waals surface area (Å²) >= 11 is 0. The Kier molecular flexibility index (Phi) is 5.41. The van der Waals surface area contributed by atoms with Crippen molar-refractivity contribution in [3.05, 3.63) is 29.8 Å². The molecule has 1 aliphatic carbocycles. The minimum Gasteiger partial charge on any atom is -0.323 e. The molecule has 0 saturated heterocycles. The highest BCUT2D eigenvalue weighted by Crippen LogP contribution is 2.69. The molecule has 1 unspecified atom stereocenters. The van der Waals surface area contributed by atoms with Crippen LogP contribution in [0.25, 0.3) is 0 Å². The molecule has 1 atom stereocenters. The Labute approximate surface area is 162 Å². The van der Waals surface area contributed by atoms with Crippen molar-refractivity contribution in [1.82, 2.24) is 0 Å². The molecule has 2 nitrogen and oxygen atoms in total. The second kappa shape index (κ2) is 6.71. The van der Waals surface area contributed by atoms with Crippen molar-refractivity contribution >= 4 is 11.6 Å². The molecule has 1 amide bonds. The van der Waals surface area contributed by atoms with Crippen molar-refractivity contribution in [3.8, 4) is 0 Å². The smallest absolute Gasteiger partial charge is 0.323 e. The summed E-state index contributed by atoms with van der Waals surface area (Å²) < 4.78 is 150. The lowest BCUT2D eigenvalue weighted by Gasteiger charge is -2.51. The van der Waals surface area contributed by atoms with Gasteiger partial charge in [-0.3, -0.25) is 4.79 Å². The van der Waals surface area contributed by atoms with E-state index < -0.39 is 46.9 Å². The minimum atomic E-state index is -7.36. The van der Waals surface area contributed by atoms with E-state index in [4.69, 9.17) is 0 Å². The summed E-state index contributed by atoms with van der Waals surface area (Å²) in [5.74, 6) is -39.8. The second-order valence-electron chi connectivity index (χ2n) is 6.92. The van der Waals surface area contributed by atoms with Gasteiger partial charge in [0, 0.05) is 5.69 Å². The molecule has 170 valence electrons. The van der Waals surface area contributed by atoms with Gasteiger partial charge in [-0.15, -0.1) is 0 Å². The van der Waals surface area contributed by atoms with Crippen LogP contribution in [0.2, 0.25) is 0 Å². The van der Waals surface area contributed by atoms with E-state index in [0.29, 0.717) is 12.0 Å². The van der Waals surface area contributed by atoms with E-state index in [9.17, 15) is 53.1 Å². The number of anilines is 1. The molecule has 1 saturated carbocycles. The van der Waals surface area contributed by atoms with Gasteiger partial charge in [-0.25, -0.2) is 4.39 Å². The summed E-state index contributed by atoms with van der Waals surface area (Å²) in [5, 5.41) is 1.06. The van der Waals surface area contributed by atoms with E-state index in [-0.39, 0.29) is 5.92 Å². The van der Waals surface area contributed by atoms with Gasteiger partial charge in [0.1, 0.15) is 0 Å². The van der Waals surface area contributed by atoms with Gasteiger partial charge in [-0.05, 0) is 30.0 Å². The quantitative estimate of drug-likeness (QED) is 0.550. The molecule has 0 bridgehead atoms. The Morgan fingerprint density at radius 3 is 1.50 bits per heavy atom. The summed E-state index contributed by atoms with van der Waals surface area (Å²) in [7, 11) is 0. The number of halogens is 11. The predicted octanol–water partition coefficient (Wildman–Crippen LogP) is 6.04. The standard InChI is InChI=1S/C17H14F11NO/c1-3-8(2)9-4-6-10(7-5-9)29-11(30)12(18)13(19,20)15(23,24)17(27,28)16(25,26)14(12,21)22/h4-8H,3H2,1-2H3,(H,29,30). The molecule has 13 heteroatoms. The zero-order valence-corrected chi connectivity index (χ0v) is 15.2. The van der Waals surface area contributed by atoms with Crippen molar-refractivity contribution < 1.29 is 53.1 Å². The van der Waals surface area contributed by atoms with Crippen LogP contribution >= 0.6 is 0 Å².